The SMILES string of the molecule is Cc1cc(OCC(O)CN2CCCC(c3nnc4n3CCCCC4)C2)c(C(C)C)cc1Cl. The molecule has 2 aliphatic heterocycles. The largest absolute Gasteiger partial charge is 0.491 e. The summed E-state index contributed by atoms with van der Waals surface area (Å²) in [7, 11) is 0. The summed E-state index contributed by atoms with van der Waals surface area (Å²) in [4.78, 5) is 2.36. The molecular formula is C25H37ClN4O2. The zero-order valence-corrected chi connectivity index (χ0v) is 20.4. The smallest absolute Gasteiger partial charge is 0.137 e. The van der Waals surface area contributed by atoms with Gasteiger partial charge in [0, 0.05) is 37.0 Å². The third kappa shape index (κ3) is 5.46. The first kappa shape index (κ1) is 23.5. The van der Waals surface area contributed by atoms with Crippen LogP contribution in [0.4, 0.5) is 0 Å². The normalized spacial score (nSPS) is 20.8. The standard InChI is InChI=1S/C25H37ClN4O2/c1-17(2)21-13-22(26)18(3)12-23(21)32-16-20(31)15-29-10-7-8-19(14-29)25-28-27-24-9-5-4-6-11-30(24)25/h12-13,17,19-20,31H,4-11,14-16H2,1-3H3. The number of aryl methyl sites for hydroxylation is 2. The van der Waals surface area contributed by atoms with Crippen molar-refractivity contribution in [2.24, 2.45) is 0 Å². The number of aromatic nitrogens is 3. The fourth-order valence-corrected chi connectivity index (χ4v) is 5.20. The summed E-state index contributed by atoms with van der Waals surface area (Å²) in [5.74, 6) is 3.82. The zero-order valence-electron chi connectivity index (χ0n) is 19.7. The molecule has 1 aromatic heterocycles. The number of fused-ring (bicyclic) bond motifs is 1. The second-order valence-corrected chi connectivity index (χ2v) is 10.2. The lowest BCUT2D eigenvalue weighted by Gasteiger charge is -2.33. The summed E-state index contributed by atoms with van der Waals surface area (Å²) in [6, 6.07) is 3.97. The van der Waals surface area contributed by atoms with Crippen LogP contribution in [0.5, 0.6) is 5.75 Å². The van der Waals surface area contributed by atoms with Gasteiger partial charge in [0.2, 0.25) is 0 Å². The van der Waals surface area contributed by atoms with E-state index in [1.807, 2.05) is 19.1 Å². The first-order valence-corrected chi connectivity index (χ1v) is 12.6. The molecule has 7 heteroatoms. The fraction of sp³-hybridized carbons (Fsp3) is 0.680. The Hall–Kier alpha value is -1.63. The van der Waals surface area contributed by atoms with Crippen molar-refractivity contribution in [1.29, 1.82) is 0 Å². The van der Waals surface area contributed by atoms with E-state index in [0.29, 0.717) is 18.4 Å². The third-order valence-electron chi connectivity index (χ3n) is 6.82. The van der Waals surface area contributed by atoms with Crippen LogP contribution < -0.4 is 4.74 Å². The lowest BCUT2D eigenvalue weighted by atomic mass is 9.96. The molecule has 1 aromatic carbocycles. The van der Waals surface area contributed by atoms with Gasteiger partial charge < -0.3 is 14.4 Å². The molecule has 0 amide bonds. The number of nitrogens with zero attached hydrogens (tertiary/aromatic N) is 4. The molecular weight excluding hydrogens is 424 g/mol. The van der Waals surface area contributed by atoms with Gasteiger partial charge in [-0.2, -0.15) is 0 Å². The minimum Gasteiger partial charge on any atom is -0.491 e. The monoisotopic (exact) mass is 460 g/mol. The number of likely N-dealkylation sites (tertiary alicyclic amines) is 1. The van der Waals surface area contributed by atoms with Crippen LogP contribution in [-0.4, -0.2) is 57.1 Å². The maximum absolute atomic E-state index is 10.7. The van der Waals surface area contributed by atoms with Crippen LogP contribution in [0.25, 0.3) is 0 Å². The molecule has 1 N–H and O–H groups in total. The molecule has 2 unspecified atom stereocenters. The number of β-amino-alcohol motifs (C(OH)–C–C–N with tert-alkyl or cyclic N) is 1. The van der Waals surface area contributed by atoms with E-state index in [9.17, 15) is 5.11 Å². The predicted molar refractivity (Wildman–Crippen MR) is 128 cm³/mol. The quantitative estimate of drug-likeness (QED) is 0.648. The number of benzene rings is 1. The average molecular weight is 461 g/mol. The molecule has 2 aromatic rings. The second-order valence-electron chi connectivity index (χ2n) is 9.79. The van der Waals surface area contributed by atoms with E-state index in [2.05, 4.69) is 33.5 Å². The first-order valence-electron chi connectivity index (χ1n) is 12.2. The van der Waals surface area contributed by atoms with E-state index in [-0.39, 0.29) is 6.61 Å². The average Bonchev–Trinajstić information content (AvgIpc) is 3.02. The molecule has 0 spiro atoms. The van der Waals surface area contributed by atoms with Gasteiger partial charge in [0.1, 0.15) is 30.1 Å². The Labute approximate surface area is 196 Å². The number of rotatable bonds is 7. The Morgan fingerprint density at radius 2 is 2.00 bits per heavy atom. The van der Waals surface area contributed by atoms with Crippen molar-refractivity contribution in [1.82, 2.24) is 19.7 Å². The predicted octanol–water partition coefficient (Wildman–Crippen LogP) is 4.71. The van der Waals surface area contributed by atoms with Gasteiger partial charge in [0.05, 0.1) is 0 Å². The molecule has 0 saturated carbocycles. The summed E-state index contributed by atoms with van der Waals surface area (Å²) in [5, 5.41) is 20.6. The molecule has 32 heavy (non-hydrogen) atoms. The van der Waals surface area contributed by atoms with Crippen molar-refractivity contribution >= 4 is 11.6 Å². The van der Waals surface area contributed by atoms with E-state index >= 15 is 0 Å². The van der Waals surface area contributed by atoms with Crippen molar-refractivity contribution in [3.05, 3.63) is 39.9 Å². The number of hydrogen-bond donors (Lipinski definition) is 1. The van der Waals surface area contributed by atoms with E-state index < -0.39 is 6.10 Å². The number of piperidine rings is 1. The van der Waals surface area contributed by atoms with E-state index in [0.717, 1.165) is 72.4 Å². The Morgan fingerprint density at radius 3 is 2.81 bits per heavy atom. The zero-order chi connectivity index (χ0) is 22.7. The van der Waals surface area contributed by atoms with Gasteiger partial charge in [0.15, 0.2) is 0 Å². The van der Waals surface area contributed by atoms with Crippen LogP contribution >= 0.6 is 11.6 Å². The van der Waals surface area contributed by atoms with E-state index in [4.69, 9.17) is 16.3 Å². The number of halogens is 1. The first-order chi connectivity index (χ1) is 15.4. The summed E-state index contributed by atoms with van der Waals surface area (Å²) in [6.45, 7) is 10.1. The molecule has 0 bridgehead atoms. The molecule has 6 nitrogen and oxygen atoms in total. The molecule has 176 valence electrons. The van der Waals surface area contributed by atoms with Crippen LogP contribution in [-0.2, 0) is 13.0 Å². The molecule has 4 rings (SSSR count). The number of aliphatic hydroxyl groups is 1. The molecule has 0 aliphatic carbocycles. The van der Waals surface area contributed by atoms with Gasteiger partial charge >= 0.3 is 0 Å². The Morgan fingerprint density at radius 1 is 1.16 bits per heavy atom. The number of ether oxygens (including phenoxy) is 1. The van der Waals surface area contributed by atoms with Crippen molar-refractivity contribution in [3.63, 3.8) is 0 Å². The van der Waals surface area contributed by atoms with Crippen LogP contribution in [0.1, 0.15) is 80.6 Å². The molecule has 2 aliphatic rings. The fourth-order valence-electron chi connectivity index (χ4n) is 5.02. The second kappa shape index (κ2) is 10.5. The third-order valence-corrected chi connectivity index (χ3v) is 7.23. The minimum atomic E-state index is -0.541. The van der Waals surface area contributed by atoms with Crippen molar-refractivity contribution in [2.75, 3.05) is 26.2 Å². The van der Waals surface area contributed by atoms with E-state index in [1.165, 1.54) is 19.3 Å². The van der Waals surface area contributed by atoms with Gasteiger partial charge in [0.25, 0.3) is 0 Å². The van der Waals surface area contributed by atoms with Gasteiger partial charge in [-0.25, -0.2) is 0 Å². The highest BCUT2D eigenvalue weighted by Gasteiger charge is 2.28. The van der Waals surface area contributed by atoms with Gasteiger partial charge in [-0.15, -0.1) is 10.2 Å². The molecule has 1 saturated heterocycles. The highest BCUT2D eigenvalue weighted by atomic mass is 35.5. The van der Waals surface area contributed by atoms with Crippen LogP contribution in [0.3, 0.4) is 0 Å². The van der Waals surface area contributed by atoms with Gasteiger partial charge in [-0.05, 0) is 68.3 Å². The summed E-state index contributed by atoms with van der Waals surface area (Å²) in [5.41, 5.74) is 2.07. The van der Waals surface area contributed by atoms with Crippen LogP contribution in [0.15, 0.2) is 12.1 Å². The molecule has 1 fully saturated rings. The minimum absolute atomic E-state index is 0.280. The Bertz CT molecular complexity index is 914. The number of hydrogen-bond acceptors (Lipinski definition) is 5. The Kier molecular flexibility index (Phi) is 7.74. The van der Waals surface area contributed by atoms with Gasteiger partial charge in [-0.1, -0.05) is 31.9 Å². The highest BCUT2D eigenvalue weighted by molar-refractivity contribution is 6.31. The summed E-state index contributed by atoms with van der Waals surface area (Å²) < 4.78 is 8.44. The maximum Gasteiger partial charge on any atom is 0.137 e. The van der Waals surface area contributed by atoms with Crippen LogP contribution in [0, 0.1) is 6.92 Å². The molecule has 3 heterocycles. The summed E-state index contributed by atoms with van der Waals surface area (Å²) >= 11 is 6.31. The number of aliphatic hydroxyl groups excluding tert-OH is 1. The van der Waals surface area contributed by atoms with Crippen molar-refractivity contribution < 1.29 is 9.84 Å². The lowest BCUT2D eigenvalue weighted by molar-refractivity contribution is 0.0571. The van der Waals surface area contributed by atoms with Crippen molar-refractivity contribution in [2.45, 2.75) is 83.8 Å². The Balaban J connectivity index is 1.35. The van der Waals surface area contributed by atoms with E-state index in [1.54, 1.807) is 0 Å². The highest BCUT2D eigenvalue weighted by Crippen LogP contribution is 2.32. The topological polar surface area (TPSA) is 63.4 Å². The van der Waals surface area contributed by atoms with Crippen LogP contribution in [0.2, 0.25) is 5.02 Å². The van der Waals surface area contributed by atoms with Crippen molar-refractivity contribution in [3.8, 4) is 5.75 Å². The lowest BCUT2D eigenvalue weighted by Crippen LogP contribution is -2.41. The maximum atomic E-state index is 10.7. The van der Waals surface area contributed by atoms with Gasteiger partial charge in [-0.3, -0.25) is 4.90 Å². The molecule has 2 atom stereocenters. The molecule has 0 radical (unpaired) electrons. The summed E-state index contributed by atoms with van der Waals surface area (Å²) in [6.07, 6.45) is 6.47.